The zero-order chi connectivity index (χ0) is 3.58. The van der Waals surface area contributed by atoms with Crippen molar-refractivity contribution >= 4 is 8.41 Å². The average Bonchev–Trinajstić information content (AvgIpc) is 0.811. The van der Waals surface area contributed by atoms with Crippen LogP contribution in [-0.2, 0) is 0 Å². The second-order valence-corrected chi connectivity index (χ2v) is 1.34. The van der Waals surface area contributed by atoms with Gasteiger partial charge in [-0.25, -0.2) is 0 Å². The fourth-order valence-corrected chi connectivity index (χ4v) is 0. The lowest BCUT2D eigenvalue weighted by atomic mass is 10.8. The van der Waals surface area contributed by atoms with Gasteiger partial charge < -0.3 is 10.4 Å². The van der Waals surface area contributed by atoms with Gasteiger partial charge in [0.25, 0.3) is 0 Å². The number of nitrogens with zero attached hydrogens (tertiary/aromatic N) is 1. The predicted molar refractivity (Wildman–Crippen MR) is 33.2 cm³/mol. The minimum absolute atomic E-state index is 0. The van der Waals surface area contributed by atoms with E-state index in [1.165, 1.54) is 0 Å². The molecule has 2 nitrogen and oxygen atoms in total. The maximum Gasteiger partial charge on any atom is 0.0814 e. The molecular formula is C3H14BNO. The van der Waals surface area contributed by atoms with Crippen LogP contribution in [0.15, 0.2) is 0 Å². The van der Waals surface area contributed by atoms with E-state index in [1.807, 2.05) is 26.0 Å². The first kappa shape index (κ1) is 16.7. The van der Waals surface area contributed by atoms with Gasteiger partial charge in [-0.1, -0.05) is 0 Å². The molecule has 0 spiro atoms. The summed E-state index contributed by atoms with van der Waals surface area (Å²) in [7, 11) is 6.00. The molecule has 6 heavy (non-hydrogen) atoms. The molecule has 0 aliphatic heterocycles. The Hall–Kier alpha value is -0.0151. The highest BCUT2D eigenvalue weighted by Gasteiger charge is 1.58. The molecule has 0 aliphatic rings. The Morgan fingerprint density at radius 1 is 1.00 bits per heavy atom. The van der Waals surface area contributed by atoms with Gasteiger partial charge in [-0.15, -0.1) is 0 Å². The molecular weight excluding hydrogens is 76.9 g/mol. The van der Waals surface area contributed by atoms with Gasteiger partial charge in [0.15, 0.2) is 0 Å². The third kappa shape index (κ3) is 156000. The molecule has 0 aromatic rings. The lowest BCUT2D eigenvalue weighted by molar-refractivity contribution is 0.505. The molecule has 40 valence electrons. The molecule has 0 unspecified atom stereocenters. The summed E-state index contributed by atoms with van der Waals surface area (Å²) in [4.78, 5) is 2.00. The quantitative estimate of drug-likeness (QED) is 0.323. The maximum atomic E-state index is 2.00. The third-order valence-electron chi connectivity index (χ3n) is 0. The first-order chi connectivity index (χ1) is 1.73. The minimum Gasteiger partial charge on any atom is -0.412 e. The minimum atomic E-state index is 0. The average molecular weight is 91.0 g/mol. The summed E-state index contributed by atoms with van der Waals surface area (Å²) >= 11 is 0. The number of rotatable bonds is 0. The van der Waals surface area contributed by atoms with Crippen LogP contribution in [0.4, 0.5) is 0 Å². The van der Waals surface area contributed by atoms with Crippen LogP contribution in [0.2, 0.25) is 0 Å². The van der Waals surface area contributed by atoms with Crippen LogP contribution < -0.4 is 0 Å². The Balaban J connectivity index is -0.0000000450. The molecule has 0 rings (SSSR count). The number of hydrogen-bond donors (Lipinski definition) is 0. The van der Waals surface area contributed by atoms with Gasteiger partial charge in [0.05, 0.1) is 8.41 Å². The van der Waals surface area contributed by atoms with Crippen LogP contribution in [0, 0.1) is 0 Å². The smallest absolute Gasteiger partial charge is 0.0814 e. The van der Waals surface area contributed by atoms with E-state index in [0.717, 1.165) is 0 Å². The van der Waals surface area contributed by atoms with Crippen molar-refractivity contribution in [1.29, 1.82) is 0 Å². The number of hydrogen-bond acceptors (Lipinski definition) is 1. The second-order valence-electron chi connectivity index (χ2n) is 1.34. The van der Waals surface area contributed by atoms with Crippen LogP contribution in [0.25, 0.3) is 0 Å². The van der Waals surface area contributed by atoms with Crippen LogP contribution in [0.3, 0.4) is 0 Å². The molecule has 0 bridgehead atoms. The SMILES string of the molecule is B.CN(C)C.O. The molecule has 0 saturated carbocycles. The van der Waals surface area contributed by atoms with E-state index in [-0.39, 0.29) is 13.9 Å². The molecule has 0 saturated heterocycles. The zero-order valence-electron chi connectivity index (χ0n) is 3.95. The van der Waals surface area contributed by atoms with Crippen molar-refractivity contribution in [2.45, 2.75) is 0 Å². The van der Waals surface area contributed by atoms with Gasteiger partial charge in [0, 0.05) is 0 Å². The fourth-order valence-electron chi connectivity index (χ4n) is 0. The highest BCUT2D eigenvalue weighted by atomic mass is 16.0. The van der Waals surface area contributed by atoms with E-state index < -0.39 is 0 Å². The van der Waals surface area contributed by atoms with Crippen molar-refractivity contribution in [2.24, 2.45) is 0 Å². The topological polar surface area (TPSA) is 34.7 Å². The van der Waals surface area contributed by atoms with E-state index >= 15 is 0 Å². The van der Waals surface area contributed by atoms with Crippen molar-refractivity contribution in [2.75, 3.05) is 21.1 Å². The van der Waals surface area contributed by atoms with E-state index in [2.05, 4.69) is 0 Å². The van der Waals surface area contributed by atoms with Crippen molar-refractivity contribution in [3.05, 3.63) is 0 Å². The van der Waals surface area contributed by atoms with Crippen LogP contribution in [0.5, 0.6) is 0 Å². The van der Waals surface area contributed by atoms with Crippen molar-refractivity contribution in [3.63, 3.8) is 0 Å². The maximum absolute atomic E-state index is 2.00. The molecule has 0 fully saturated rings. The molecule has 0 heterocycles. The first-order valence-electron chi connectivity index (χ1n) is 1.34. The fraction of sp³-hybridized carbons (Fsp3) is 1.00. The molecule has 0 radical (unpaired) electrons. The largest absolute Gasteiger partial charge is 0.412 e. The van der Waals surface area contributed by atoms with E-state index in [0.29, 0.717) is 0 Å². The summed E-state index contributed by atoms with van der Waals surface area (Å²) in [6.07, 6.45) is 0. The monoisotopic (exact) mass is 91.1 g/mol. The van der Waals surface area contributed by atoms with Crippen LogP contribution >= 0.6 is 0 Å². The first-order valence-corrected chi connectivity index (χ1v) is 1.34. The van der Waals surface area contributed by atoms with Gasteiger partial charge in [0.1, 0.15) is 0 Å². The normalized spacial score (nSPS) is 6.00. The van der Waals surface area contributed by atoms with E-state index in [9.17, 15) is 0 Å². The summed E-state index contributed by atoms with van der Waals surface area (Å²) in [5.74, 6) is 0. The molecule has 3 heteroatoms. The summed E-state index contributed by atoms with van der Waals surface area (Å²) in [6, 6.07) is 0. The standard InChI is InChI=1S/C3H9N.BH3.H2O/c1-4(2)3;;/h1-3H3;1H3;1H2. The Morgan fingerprint density at radius 3 is 1.00 bits per heavy atom. The Morgan fingerprint density at radius 2 is 1.00 bits per heavy atom. The molecule has 0 aromatic carbocycles. The Labute approximate surface area is 41.0 Å². The third-order valence-corrected chi connectivity index (χ3v) is 0. The Kier molecular flexibility index (Phi) is 24.7. The molecule has 0 aliphatic carbocycles. The lowest BCUT2D eigenvalue weighted by Crippen LogP contribution is -1.99. The predicted octanol–water partition coefficient (Wildman–Crippen LogP) is -1.83. The molecule has 0 atom stereocenters. The van der Waals surface area contributed by atoms with Crippen LogP contribution in [-0.4, -0.2) is 39.9 Å². The van der Waals surface area contributed by atoms with E-state index in [1.54, 1.807) is 0 Å². The van der Waals surface area contributed by atoms with E-state index in [4.69, 9.17) is 0 Å². The summed E-state index contributed by atoms with van der Waals surface area (Å²) in [5.41, 5.74) is 0. The molecule has 2 N–H and O–H groups in total. The van der Waals surface area contributed by atoms with Gasteiger partial charge >= 0.3 is 0 Å². The highest BCUT2D eigenvalue weighted by Crippen LogP contribution is 1.47. The van der Waals surface area contributed by atoms with Crippen molar-refractivity contribution in [1.82, 2.24) is 4.90 Å². The zero-order valence-corrected chi connectivity index (χ0v) is 3.95. The van der Waals surface area contributed by atoms with Gasteiger partial charge in [-0.3, -0.25) is 0 Å². The van der Waals surface area contributed by atoms with Gasteiger partial charge in [0.2, 0.25) is 0 Å². The second kappa shape index (κ2) is 8.88. The molecule has 0 aromatic heterocycles. The van der Waals surface area contributed by atoms with Crippen LogP contribution in [0.1, 0.15) is 0 Å². The van der Waals surface area contributed by atoms with Crippen molar-refractivity contribution in [3.8, 4) is 0 Å². The lowest BCUT2D eigenvalue weighted by Gasteiger charge is -1.90. The van der Waals surface area contributed by atoms with Gasteiger partial charge in [-0.05, 0) is 21.1 Å². The van der Waals surface area contributed by atoms with Crippen molar-refractivity contribution < 1.29 is 5.48 Å². The summed E-state index contributed by atoms with van der Waals surface area (Å²) in [6.45, 7) is 0. The highest BCUT2D eigenvalue weighted by molar-refractivity contribution is 5.75. The summed E-state index contributed by atoms with van der Waals surface area (Å²) in [5, 5.41) is 0. The molecule has 0 amide bonds. The summed E-state index contributed by atoms with van der Waals surface area (Å²) < 4.78 is 0. The Bertz CT molecular complexity index is 15.5. The van der Waals surface area contributed by atoms with Gasteiger partial charge in [-0.2, -0.15) is 0 Å².